The van der Waals surface area contributed by atoms with E-state index in [1.807, 2.05) is 0 Å². The van der Waals surface area contributed by atoms with Gasteiger partial charge in [-0.05, 0) is 91.7 Å². The first-order valence-electron chi connectivity index (χ1n) is 16.1. The zero-order valence-corrected chi connectivity index (χ0v) is 26.0. The Bertz CT molecular complexity index is 2260. The van der Waals surface area contributed by atoms with Crippen LogP contribution < -0.4 is 4.90 Å². The monoisotopic (exact) mass is 599 g/mol. The largest absolute Gasteiger partial charge is 0.310 e. The number of rotatable bonds is 7. The molecule has 222 valence electrons. The van der Waals surface area contributed by atoms with Crippen LogP contribution in [0.1, 0.15) is 0 Å². The molecule has 0 spiro atoms. The topological polar surface area (TPSA) is 3.24 Å². The second kappa shape index (κ2) is 12.7. The smallest absolute Gasteiger partial charge is 0.0467 e. The molecule has 8 rings (SSSR count). The molecule has 0 N–H and O–H groups in total. The average Bonchev–Trinajstić information content (AvgIpc) is 3.16. The van der Waals surface area contributed by atoms with Gasteiger partial charge >= 0.3 is 0 Å². The van der Waals surface area contributed by atoms with Gasteiger partial charge in [-0.1, -0.05) is 164 Å². The lowest BCUT2D eigenvalue weighted by molar-refractivity contribution is 1.28. The Labute approximate surface area is 276 Å². The van der Waals surface area contributed by atoms with E-state index in [1.54, 1.807) is 0 Å². The van der Waals surface area contributed by atoms with Gasteiger partial charge in [-0.15, -0.1) is 0 Å². The first kappa shape index (κ1) is 28.3. The molecule has 0 aliphatic rings. The quantitative estimate of drug-likeness (QED) is 0.176. The van der Waals surface area contributed by atoms with Gasteiger partial charge in [0.1, 0.15) is 0 Å². The summed E-state index contributed by atoms with van der Waals surface area (Å²) in [6.45, 7) is 0. The highest BCUT2D eigenvalue weighted by atomic mass is 15.1. The number of fused-ring (bicyclic) bond motifs is 1. The van der Waals surface area contributed by atoms with Crippen molar-refractivity contribution in [2.45, 2.75) is 0 Å². The van der Waals surface area contributed by atoms with Crippen molar-refractivity contribution < 1.29 is 0 Å². The van der Waals surface area contributed by atoms with Crippen molar-refractivity contribution in [2.24, 2.45) is 0 Å². The predicted octanol–water partition coefficient (Wildman–Crippen LogP) is 13.0. The van der Waals surface area contributed by atoms with E-state index in [4.69, 9.17) is 0 Å². The molecule has 1 heteroatoms. The van der Waals surface area contributed by atoms with E-state index in [1.165, 1.54) is 55.3 Å². The molecule has 0 aromatic heterocycles. The number of benzene rings is 8. The lowest BCUT2D eigenvalue weighted by atomic mass is 9.97. The molecule has 0 saturated carbocycles. The maximum Gasteiger partial charge on any atom is 0.0467 e. The van der Waals surface area contributed by atoms with E-state index in [0.717, 1.165) is 17.1 Å². The van der Waals surface area contributed by atoms with Crippen molar-refractivity contribution in [1.29, 1.82) is 0 Å². The van der Waals surface area contributed by atoms with Crippen molar-refractivity contribution in [1.82, 2.24) is 0 Å². The van der Waals surface area contributed by atoms with Crippen molar-refractivity contribution in [3.63, 3.8) is 0 Å². The summed E-state index contributed by atoms with van der Waals surface area (Å²) in [5.41, 5.74) is 13.0. The lowest BCUT2D eigenvalue weighted by Crippen LogP contribution is -2.10. The molecule has 0 radical (unpaired) electrons. The highest BCUT2D eigenvalue weighted by molar-refractivity contribution is 5.97. The molecular weight excluding hydrogens is 567 g/mol. The minimum absolute atomic E-state index is 1.11. The van der Waals surface area contributed by atoms with Gasteiger partial charge in [-0.2, -0.15) is 0 Å². The lowest BCUT2D eigenvalue weighted by Gasteiger charge is -2.27. The van der Waals surface area contributed by atoms with Gasteiger partial charge in [-0.3, -0.25) is 0 Å². The molecule has 0 atom stereocenters. The fourth-order valence-electron chi connectivity index (χ4n) is 6.48. The average molecular weight is 600 g/mol. The third-order valence-corrected chi connectivity index (χ3v) is 8.87. The molecule has 47 heavy (non-hydrogen) atoms. The van der Waals surface area contributed by atoms with Gasteiger partial charge in [0, 0.05) is 17.1 Å². The SMILES string of the molecule is c1ccc(-c2ccc(-c3ccc(N(c4cccc(-c5ccccc5)c4)c4cccc(-c5cccc6ccccc56)c4)cc3)cc2)cc1. The maximum atomic E-state index is 2.36. The Morgan fingerprint density at radius 2 is 0.681 bits per heavy atom. The first-order valence-corrected chi connectivity index (χ1v) is 16.1. The molecule has 0 fully saturated rings. The minimum atomic E-state index is 1.11. The van der Waals surface area contributed by atoms with Gasteiger partial charge < -0.3 is 4.90 Å². The Hall–Kier alpha value is -6.18. The standard InChI is InChI=1S/C46H33N/c1-3-12-34(13-4-1)36-24-26-37(27-25-36)38-28-30-42(31-29-38)47(43-20-9-18-40(32-43)35-14-5-2-6-15-35)44-21-10-19-41(33-44)46-23-11-17-39-16-7-8-22-45(39)46/h1-33H. The molecule has 1 nitrogen and oxygen atoms in total. The van der Waals surface area contributed by atoms with Gasteiger partial charge in [0.2, 0.25) is 0 Å². The first-order chi connectivity index (χ1) is 23.3. The number of hydrogen-bond donors (Lipinski definition) is 0. The summed E-state index contributed by atoms with van der Waals surface area (Å²) in [5, 5.41) is 2.50. The van der Waals surface area contributed by atoms with E-state index < -0.39 is 0 Å². The van der Waals surface area contributed by atoms with Gasteiger partial charge in [0.05, 0.1) is 0 Å². The molecule has 0 aliphatic carbocycles. The van der Waals surface area contributed by atoms with E-state index in [0.29, 0.717) is 0 Å². The summed E-state index contributed by atoms with van der Waals surface area (Å²) < 4.78 is 0. The second-order valence-corrected chi connectivity index (χ2v) is 11.8. The van der Waals surface area contributed by atoms with Gasteiger partial charge in [-0.25, -0.2) is 0 Å². The van der Waals surface area contributed by atoms with Gasteiger partial charge in [0.25, 0.3) is 0 Å². The minimum Gasteiger partial charge on any atom is -0.310 e. The Morgan fingerprint density at radius 3 is 1.32 bits per heavy atom. The highest BCUT2D eigenvalue weighted by Crippen LogP contribution is 2.40. The van der Waals surface area contributed by atoms with Crippen LogP contribution in [0, 0.1) is 0 Å². The zero-order chi connectivity index (χ0) is 31.4. The summed E-state index contributed by atoms with van der Waals surface area (Å²) in [4.78, 5) is 2.36. The van der Waals surface area contributed by atoms with Crippen LogP contribution in [0.4, 0.5) is 17.1 Å². The van der Waals surface area contributed by atoms with E-state index >= 15 is 0 Å². The van der Waals surface area contributed by atoms with Crippen LogP contribution in [0.2, 0.25) is 0 Å². The zero-order valence-electron chi connectivity index (χ0n) is 26.0. The van der Waals surface area contributed by atoms with Crippen molar-refractivity contribution in [3.05, 3.63) is 200 Å². The molecular formula is C46H33N. The van der Waals surface area contributed by atoms with Crippen LogP contribution in [0.3, 0.4) is 0 Å². The summed E-state index contributed by atoms with van der Waals surface area (Å²) in [5.74, 6) is 0. The molecule has 0 heterocycles. The Morgan fingerprint density at radius 1 is 0.255 bits per heavy atom. The number of hydrogen-bond acceptors (Lipinski definition) is 1. The molecule has 0 saturated heterocycles. The summed E-state index contributed by atoms with van der Waals surface area (Å²) in [7, 11) is 0. The van der Waals surface area contributed by atoms with Crippen molar-refractivity contribution >= 4 is 27.8 Å². The van der Waals surface area contributed by atoms with Crippen LogP contribution >= 0.6 is 0 Å². The van der Waals surface area contributed by atoms with Crippen LogP contribution in [-0.2, 0) is 0 Å². The fourth-order valence-corrected chi connectivity index (χ4v) is 6.48. The third kappa shape index (κ3) is 5.83. The second-order valence-electron chi connectivity index (χ2n) is 11.8. The van der Waals surface area contributed by atoms with E-state index in [-0.39, 0.29) is 0 Å². The molecule has 8 aromatic rings. The van der Waals surface area contributed by atoms with E-state index in [2.05, 4.69) is 205 Å². The van der Waals surface area contributed by atoms with Crippen LogP contribution in [0.25, 0.3) is 55.3 Å². The van der Waals surface area contributed by atoms with Crippen LogP contribution in [0.15, 0.2) is 200 Å². The van der Waals surface area contributed by atoms with Crippen molar-refractivity contribution in [3.8, 4) is 44.5 Å². The van der Waals surface area contributed by atoms with Crippen LogP contribution in [0.5, 0.6) is 0 Å². The Kier molecular flexibility index (Phi) is 7.63. The van der Waals surface area contributed by atoms with Crippen LogP contribution in [-0.4, -0.2) is 0 Å². The molecule has 0 amide bonds. The summed E-state index contributed by atoms with van der Waals surface area (Å²) in [6.07, 6.45) is 0. The molecule has 8 aromatic carbocycles. The third-order valence-electron chi connectivity index (χ3n) is 8.87. The fraction of sp³-hybridized carbons (Fsp3) is 0. The number of anilines is 3. The van der Waals surface area contributed by atoms with Gasteiger partial charge in [0.15, 0.2) is 0 Å². The summed E-state index contributed by atoms with van der Waals surface area (Å²) in [6, 6.07) is 71.8. The summed E-state index contributed by atoms with van der Waals surface area (Å²) >= 11 is 0. The maximum absolute atomic E-state index is 2.36. The van der Waals surface area contributed by atoms with E-state index in [9.17, 15) is 0 Å². The molecule has 0 bridgehead atoms. The van der Waals surface area contributed by atoms with Crippen molar-refractivity contribution in [2.75, 3.05) is 4.90 Å². The number of nitrogens with zero attached hydrogens (tertiary/aromatic N) is 1. The Balaban J connectivity index is 1.20. The normalized spacial score (nSPS) is 11.0. The molecule has 0 aliphatic heterocycles. The highest BCUT2D eigenvalue weighted by Gasteiger charge is 2.15. The molecule has 0 unspecified atom stereocenters. The predicted molar refractivity (Wildman–Crippen MR) is 200 cm³/mol.